The zero-order chi connectivity index (χ0) is 15.5. The molecule has 22 heavy (non-hydrogen) atoms. The minimum atomic E-state index is -0.783. The molecule has 0 radical (unpaired) electrons. The maximum Gasteiger partial charge on any atom is 0.185 e. The van der Waals surface area contributed by atoms with Gasteiger partial charge in [0.05, 0.1) is 11.8 Å². The standard InChI is InChI=1S/C16H20FN3OS/c1-12-11-22-16(18-12)20-8-6-19(7-9-20)10-15(21)13-4-2-3-5-14(13)17/h2-5,11,15,21H,6-10H2,1H3. The normalized spacial score (nSPS) is 17.7. The predicted octanol–water partition coefficient (Wildman–Crippen LogP) is 2.45. The number of anilines is 1. The zero-order valence-electron chi connectivity index (χ0n) is 12.6. The maximum atomic E-state index is 13.7. The first kappa shape index (κ1) is 15.4. The fourth-order valence-electron chi connectivity index (χ4n) is 2.70. The van der Waals surface area contributed by atoms with Crippen LogP contribution in [0.25, 0.3) is 0 Å². The van der Waals surface area contributed by atoms with Crippen LogP contribution in [-0.2, 0) is 0 Å². The van der Waals surface area contributed by atoms with Crippen molar-refractivity contribution in [2.75, 3.05) is 37.6 Å². The Labute approximate surface area is 133 Å². The number of aromatic nitrogens is 1. The molecule has 1 aliphatic rings. The van der Waals surface area contributed by atoms with Crippen LogP contribution in [0.2, 0.25) is 0 Å². The van der Waals surface area contributed by atoms with Crippen LogP contribution in [0.15, 0.2) is 29.6 Å². The molecule has 1 unspecified atom stereocenters. The second-order valence-electron chi connectivity index (χ2n) is 5.60. The van der Waals surface area contributed by atoms with E-state index in [1.807, 2.05) is 6.92 Å². The number of halogens is 1. The molecule has 2 aromatic rings. The van der Waals surface area contributed by atoms with E-state index in [2.05, 4.69) is 20.2 Å². The Kier molecular flexibility index (Phi) is 4.71. The van der Waals surface area contributed by atoms with Crippen LogP contribution in [0.3, 0.4) is 0 Å². The van der Waals surface area contributed by atoms with Crippen molar-refractivity contribution in [1.29, 1.82) is 0 Å². The monoisotopic (exact) mass is 321 g/mol. The quantitative estimate of drug-likeness (QED) is 0.939. The van der Waals surface area contributed by atoms with Gasteiger partial charge < -0.3 is 10.0 Å². The molecule has 1 aromatic carbocycles. The summed E-state index contributed by atoms with van der Waals surface area (Å²) in [6.45, 7) is 5.94. The molecule has 0 aliphatic carbocycles. The van der Waals surface area contributed by atoms with E-state index in [4.69, 9.17) is 0 Å². The van der Waals surface area contributed by atoms with E-state index < -0.39 is 6.10 Å². The molecule has 118 valence electrons. The first-order valence-corrected chi connectivity index (χ1v) is 8.33. The third kappa shape index (κ3) is 3.45. The molecule has 0 amide bonds. The minimum absolute atomic E-state index is 0.341. The molecule has 0 bridgehead atoms. The second kappa shape index (κ2) is 6.73. The number of nitrogens with zero attached hydrogens (tertiary/aromatic N) is 3. The Bertz CT molecular complexity index is 625. The van der Waals surface area contributed by atoms with Crippen LogP contribution in [0.4, 0.5) is 9.52 Å². The first-order valence-electron chi connectivity index (χ1n) is 7.45. The van der Waals surface area contributed by atoms with E-state index in [0.717, 1.165) is 37.0 Å². The Hall–Kier alpha value is -1.50. The van der Waals surface area contributed by atoms with Crippen molar-refractivity contribution in [3.63, 3.8) is 0 Å². The number of piperazine rings is 1. The highest BCUT2D eigenvalue weighted by atomic mass is 32.1. The van der Waals surface area contributed by atoms with Gasteiger partial charge in [0, 0.05) is 43.7 Å². The number of thiazole rings is 1. The summed E-state index contributed by atoms with van der Waals surface area (Å²) in [7, 11) is 0. The van der Waals surface area contributed by atoms with Crippen molar-refractivity contribution in [1.82, 2.24) is 9.88 Å². The van der Waals surface area contributed by atoms with E-state index in [-0.39, 0.29) is 5.82 Å². The smallest absolute Gasteiger partial charge is 0.185 e. The van der Waals surface area contributed by atoms with Gasteiger partial charge in [-0.2, -0.15) is 0 Å². The number of β-amino-alcohol motifs (C(OH)–C–C–N with tert-alkyl or cyclic N) is 1. The Morgan fingerprint density at radius 2 is 2.00 bits per heavy atom. The summed E-state index contributed by atoms with van der Waals surface area (Å²) in [5.74, 6) is -0.341. The lowest BCUT2D eigenvalue weighted by molar-refractivity contribution is 0.106. The molecule has 0 saturated carbocycles. The van der Waals surface area contributed by atoms with Crippen molar-refractivity contribution in [2.24, 2.45) is 0 Å². The molecule has 2 heterocycles. The predicted molar refractivity (Wildman–Crippen MR) is 86.9 cm³/mol. The molecule has 0 spiro atoms. The molecule has 3 rings (SSSR count). The Morgan fingerprint density at radius 1 is 1.27 bits per heavy atom. The van der Waals surface area contributed by atoms with Crippen molar-refractivity contribution in [2.45, 2.75) is 13.0 Å². The molecule has 1 aromatic heterocycles. The second-order valence-corrected chi connectivity index (χ2v) is 6.43. The molecule has 6 heteroatoms. The molecule has 4 nitrogen and oxygen atoms in total. The van der Waals surface area contributed by atoms with Gasteiger partial charge in [-0.3, -0.25) is 4.90 Å². The highest BCUT2D eigenvalue weighted by Crippen LogP contribution is 2.23. The van der Waals surface area contributed by atoms with Crippen molar-refractivity contribution in [3.8, 4) is 0 Å². The molecular formula is C16H20FN3OS. The van der Waals surface area contributed by atoms with Crippen LogP contribution in [0, 0.1) is 12.7 Å². The topological polar surface area (TPSA) is 39.6 Å². The van der Waals surface area contributed by atoms with Gasteiger partial charge in [0.2, 0.25) is 0 Å². The van der Waals surface area contributed by atoms with Gasteiger partial charge in [0.1, 0.15) is 5.82 Å². The molecule has 1 fully saturated rings. The number of aliphatic hydroxyl groups is 1. The molecule has 1 saturated heterocycles. The number of hydrogen-bond acceptors (Lipinski definition) is 5. The number of hydrogen-bond donors (Lipinski definition) is 1. The molecule has 1 atom stereocenters. The van der Waals surface area contributed by atoms with E-state index in [0.29, 0.717) is 12.1 Å². The summed E-state index contributed by atoms with van der Waals surface area (Å²) in [5, 5.41) is 13.4. The van der Waals surface area contributed by atoms with Crippen molar-refractivity contribution >= 4 is 16.5 Å². The third-order valence-corrected chi connectivity index (χ3v) is 4.96. The fraction of sp³-hybridized carbons (Fsp3) is 0.438. The summed E-state index contributed by atoms with van der Waals surface area (Å²) < 4.78 is 13.7. The Balaban J connectivity index is 1.55. The van der Waals surface area contributed by atoms with Crippen LogP contribution in [0.1, 0.15) is 17.4 Å². The van der Waals surface area contributed by atoms with Crippen molar-refractivity contribution in [3.05, 3.63) is 46.7 Å². The number of benzene rings is 1. The Morgan fingerprint density at radius 3 is 2.64 bits per heavy atom. The van der Waals surface area contributed by atoms with Gasteiger partial charge in [-0.05, 0) is 13.0 Å². The summed E-state index contributed by atoms with van der Waals surface area (Å²) in [5.41, 5.74) is 1.43. The van der Waals surface area contributed by atoms with Crippen LogP contribution in [0.5, 0.6) is 0 Å². The van der Waals surface area contributed by atoms with Gasteiger partial charge in [0.25, 0.3) is 0 Å². The van der Waals surface area contributed by atoms with Crippen molar-refractivity contribution < 1.29 is 9.50 Å². The first-order chi connectivity index (χ1) is 10.6. The fourth-order valence-corrected chi connectivity index (χ4v) is 3.55. The number of aryl methyl sites for hydroxylation is 1. The van der Waals surface area contributed by atoms with Gasteiger partial charge in [0.15, 0.2) is 5.13 Å². The summed E-state index contributed by atoms with van der Waals surface area (Å²) in [6.07, 6.45) is -0.783. The molecule has 1 N–H and O–H groups in total. The van der Waals surface area contributed by atoms with Crippen LogP contribution in [-0.4, -0.2) is 47.7 Å². The zero-order valence-corrected chi connectivity index (χ0v) is 13.4. The SMILES string of the molecule is Cc1csc(N2CCN(CC(O)c3ccccc3F)CC2)n1. The lowest BCUT2D eigenvalue weighted by Gasteiger charge is -2.35. The maximum absolute atomic E-state index is 13.7. The van der Waals surface area contributed by atoms with E-state index in [9.17, 15) is 9.50 Å². The summed E-state index contributed by atoms with van der Waals surface area (Å²) in [6, 6.07) is 6.43. The van der Waals surface area contributed by atoms with Crippen LogP contribution >= 0.6 is 11.3 Å². The average Bonchev–Trinajstić information content (AvgIpc) is 2.95. The van der Waals surface area contributed by atoms with Crippen LogP contribution < -0.4 is 4.90 Å². The summed E-state index contributed by atoms with van der Waals surface area (Å²) >= 11 is 1.67. The van der Waals surface area contributed by atoms with Gasteiger partial charge in [-0.1, -0.05) is 18.2 Å². The highest BCUT2D eigenvalue weighted by Gasteiger charge is 2.22. The lowest BCUT2D eigenvalue weighted by Crippen LogP contribution is -2.47. The van der Waals surface area contributed by atoms with Gasteiger partial charge in [-0.25, -0.2) is 9.37 Å². The lowest BCUT2D eigenvalue weighted by atomic mass is 10.1. The number of aliphatic hydroxyl groups excluding tert-OH is 1. The highest BCUT2D eigenvalue weighted by molar-refractivity contribution is 7.13. The van der Waals surface area contributed by atoms with E-state index in [1.54, 1.807) is 29.5 Å². The summed E-state index contributed by atoms with van der Waals surface area (Å²) in [4.78, 5) is 8.95. The van der Waals surface area contributed by atoms with E-state index >= 15 is 0 Å². The number of rotatable bonds is 4. The largest absolute Gasteiger partial charge is 0.387 e. The third-order valence-electron chi connectivity index (χ3n) is 3.95. The average molecular weight is 321 g/mol. The molecule has 1 aliphatic heterocycles. The van der Waals surface area contributed by atoms with E-state index in [1.165, 1.54) is 6.07 Å². The molecular weight excluding hydrogens is 301 g/mol. The minimum Gasteiger partial charge on any atom is -0.387 e. The van der Waals surface area contributed by atoms with Gasteiger partial charge >= 0.3 is 0 Å². The van der Waals surface area contributed by atoms with Gasteiger partial charge in [-0.15, -0.1) is 11.3 Å².